The number of aromatic nitrogens is 2. The smallest absolute Gasteiger partial charge is 0.351 e. The molecule has 2 aromatic carbocycles. The van der Waals surface area contributed by atoms with E-state index in [1.165, 1.54) is 44.4 Å². The van der Waals surface area contributed by atoms with Crippen molar-refractivity contribution < 1.29 is 22.8 Å². The molecule has 9 nitrogen and oxygen atoms in total. The highest BCUT2D eigenvalue weighted by atomic mass is 35.5. The second-order valence-corrected chi connectivity index (χ2v) is 12.5. The van der Waals surface area contributed by atoms with Crippen LogP contribution in [-0.4, -0.2) is 47.5 Å². The highest BCUT2D eigenvalue weighted by Crippen LogP contribution is 2.59. The van der Waals surface area contributed by atoms with Gasteiger partial charge in [0.2, 0.25) is 0 Å². The van der Waals surface area contributed by atoms with Crippen molar-refractivity contribution in [2.75, 3.05) is 23.3 Å². The van der Waals surface area contributed by atoms with Crippen molar-refractivity contribution in [3.63, 3.8) is 0 Å². The zero-order chi connectivity index (χ0) is 25.5. The van der Waals surface area contributed by atoms with Gasteiger partial charge < -0.3 is 14.7 Å². The lowest BCUT2D eigenvalue weighted by Gasteiger charge is -2.43. The molecule has 0 bridgehead atoms. The van der Waals surface area contributed by atoms with Crippen molar-refractivity contribution in [1.29, 1.82) is 0 Å². The van der Waals surface area contributed by atoms with Gasteiger partial charge in [0.25, 0.3) is 10.0 Å². The van der Waals surface area contributed by atoms with Crippen molar-refractivity contribution in [2.24, 2.45) is 0 Å². The molecule has 34 heavy (non-hydrogen) atoms. The van der Waals surface area contributed by atoms with Gasteiger partial charge >= 0.3 is 7.60 Å². The van der Waals surface area contributed by atoms with E-state index < -0.39 is 22.9 Å². The van der Waals surface area contributed by atoms with E-state index in [4.69, 9.17) is 23.2 Å². The Morgan fingerprint density at radius 2 is 1.62 bits per heavy atom. The van der Waals surface area contributed by atoms with Gasteiger partial charge in [-0.15, -0.1) is 0 Å². The zero-order valence-electron chi connectivity index (χ0n) is 19.0. The fraction of sp³-hybridized carbons (Fsp3) is 0.333. The fourth-order valence-corrected chi connectivity index (χ4v) is 8.35. The van der Waals surface area contributed by atoms with Gasteiger partial charge in [-0.3, -0.25) is 4.57 Å². The molecule has 3 aromatic rings. The predicted molar refractivity (Wildman–Crippen MR) is 135 cm³/mol. The van der Waals surface area contributed by atoms with Gasteiger partial charge in [0.1, 0.15) is 17.7 Å². The third-order valence-corrected chi connectivity index (χ3v) is 10.0. The fourth-order valence-electron chi connectivity index (χ4n) is 4.01. The molecule has 0 aliphatic carbocycles. The Morgan fingerprint density at radius 1 is 1.03 bits per heavy atom. The number of hydrogen-bond acceptors (Lipinski definition) is 6. The SMILES string of the molecule is CCC(CC)(N(c1cccc2c(N(C)C)ncnc12)S(=O)(=O)c1cc(Cl)cc(Cl)c1)P(=O)(O)O. The molecule has 0 saturated heterocycles. The summed E-state index contributed by atoms with van der Waals surface area (Å²) >= 11 is 12.2. The highest BCUT2D eigenvalue weighted by molar-refractivity contribution is 7.93. The lowest BCUT2D eigenvalue weighted by atomic mass is 10.1. The van der Waals surface area contributed by atoms with Crippen LogP contribution in [-0.2, 0) is 14.6 Å². The van der Waals surface area contributed by atoms with Crippen LogP contribution in [0.15, 0.2) is 47.6 Å². The first-order chi connectivity index (χ1) is 15.8. The van der Waals surface area contributed by atoms with Crippen LogP contribution in [0.2, 0.25) is 10.0 Å². The number of para-hydroxylation sites is 1. The second kappa shape index (κ2) is 9.60. The van der Waals surface area contributed by atoms with E-state index in [9.17, 15) is 22.8 Å². The summed E-state index contributed by atoms with van der Waals surface area (Å²) in [5.41, 5.74) is 0.226. The maximum atomic E-state index is 14.1. The van der Waals surface area contributed by atoms with Crippen LogP contribution in [0.5, 0.6) is 0 Å². The molecule has 184 valence electrons. The lowest BCUT2D eigenvalue weighted by Crippen LogP contribution is -2.51. The molecule has 2 N–H and O–H groups in total. The van der Waals surface area contributed by atoms with E-state index in [1.54, 1.807) is 31.1 Å². The number of benzene rings is 2. The third-order valence-electron chi connectivity index (χ3n) is 5.69. The van der Waals surface area contributed by atoms with Gasteiger partial charge in [-0.25, -0.2) is 22.7 Å². The summed E-state index contributed by atoms with van der Waals surface area (Å²) in [6.07, 6.45) is 0.923. The van der Waals surface area contributed by atoms with E-state index in [2.05, 4.69) is 9.97 Å². The number of anilines is 2. The quantitative estimate of drug-likeness (QED) is 0.382. The minimum atomic E-state index is -5.05. The Hall–Kier alpha value is -1.94. The number of sulfonamides is 1. The maximum absolute atomic E-state index is 14.1. The molecule has 3 rings (SSSR count). The molecule has 0 amide bonds. The molecule has 0 radical (unpaired) electrons. The first kappa shape index (κ1) is 26.7. The minimum Gasteiger partial charge on any atom is -0.362 e. The number of nitrogens with zero attached hydrogens (tertiary/aromatic N) is 4. The third kappa shape index (κ3) is 4.51. The molecule has 0 atom stereocenters. The summed E-state index contributed by atoms with van der Waals surface area (Å²) in [4.78, 5) is 31.0. The Labute approximate surface area is 208 Å². The van der Waals surface area contributed by atoms with Crippen LogP contribution < -0.4 is 9.21 Å². The summed E-state index contributed by atoms with van der Waals surface area (Å²) < 4.78 is 42.0. The van der Waals surface area contributed by atoms with Crippen LogP contribution in [0.3, 0.4) is 0 Å². The van der Waals surface area contributed by atoms with Crippen LogP contribution in [0.25, 0.3) is 10.9 Å². The van der Waals surface area contributed by atoms with Gasteiger partial charge in [-0.1, -0.05) is 43.1 Å². The van der Waals surface area contributed by atoms with E-state index >= 15 is 0 Å². The summed E-state index contributed by atoms with van der Waals surface area (Å²) in [7, 11) is -6.10. The van der Waals surface area contributed by atoms with E-state index in [0.29, 0.717) is 11.2 Å². The summed E-state index contributed by atoms with van der Waals surface area (Å²) in [5, 5.41) is -1.45. The van der Waals surface area contributed by atoms with Crippen LogP contribution in [0, 0.1) is 0 Å². The Balaban J connectivity index is 2.50. The van der Waals surface area contributed by atoms with Gasteiger partial charge in [0.05, 0.1) is 10.6 Å². The van der Waals surface area contributed by atoms with E-state index in [1.807, 2.05) is 0 Å². The maximum Gasteiger partial charge on any atom is 0.351 e. The largest absolute Gasteiger partial charge is 0.362 e. The Morgan fingerprint density at radius 3 is 2.12 bits per heavy atom. The average molecular weight is 547 g/mol. The van der Waals surface area contributed by atoms with Gasteiger partial charge in [0.15, 0.2) is 5.28 Å². The van der Waals surface area contributed by atoms with Gasteiger partial charge in [0, 0.05) is 29.5 Å². The van der Waals surface area contributed by atoms with Crippen molar-refractivity contribution in [1.82, 2.24) is 9.97 Å². The van der Waals surface area contributed by atoms with Crippen LogP contribution in [0.4, 0.5) is 11.5 Å². The van der Waals surface area contributed by atoms with Crippen LogP contribution in [0.1, 0.15) is 26.7 Å². The predicted octanol–water partition coefficient (Wildman–Crippen LogP) is 4.89. The number of halogens is 2. The number of rotatable bonds is 8. The van der Waals surface area contributed by atoms with Crippen molar-refractivity contribution >= 4 is 63.2 Å². The Bertz CT molecular complexity index is 1360. The highest BCUT2D eigenvalue weighted by Gasteiger charge is 2.54. The second-order valence-electron chi connectivity index (χ2n) is 7.87. The number of hydrogen-bond donors (Lipinski definition) is 2. The van der Waals surface area contributed by atoms with Crippen molar-refractivity contribution in [2.45, 2.75) is 36.9 Å². The molecule has 0 spiro atoms. The monoisotopic (exact) mass is 546 g/mol. The van der Waals surface area contributed by atoms with Gasteiger partial charge in [-0.05, 0) is 43.2 Å². The molecular formula is C21H25Cl2N4O5PS. The summed E-state index contributed by atoms with van der Waals surface area (Å²) in [5.74, 6) is 0.518. The first-order valence-electron chi connectivity index (χ1n) is 10.3. The molecule has 0 saturated carbocycles. The Kier molecular flexibility index (Phi) is 7.53. The summed E-state index contributed by atoms with van der Waals surface area (Å²) in [6, 6.07) is 8.53. The topological polar surface area (TPSA) is 124 Å². The normalized spacial score (nSPS) is 12.7. The molecule has 13 heteroatoms. The van der Waals surface area contributed by atoms with Crippen molar-refractivity contribution in [3.8, 4) is 0 Å². The standard InChI is InChI=1S/C21H25Cl2N4O5PS/c1-5-21(6-2,33(28,29)30)27(34(31,32)16-11-14(22)10-15(23)12-16)18-9-7-8-17-19(18)24-13-25-20(17)26(3)4/h7-13H,5-6H2,1-4H3,(H2,28,29,30). The minimum absolute atomic E-state index is 0.00567. The van der Waals surface area contributed by atoms with Crippen LogP contribution >= 0.6 is 30.8 Å². The molecule has 0 unspecified atom stereocenters. The van der Waals surface area contributed by atoms with E-state index in [-0.39, 0.29) is 39.0 Å². The molecule has 0 fully saturated rings. The first-order valence-corrected chi connectivity index (χ1v) is 14.1. The zero-order valence-corrected chi connectivity index (χ0v) is 22.2. The summed E-state index contributed by atoms with van der Waals surface area (Å²) in [6.45, 7) is 3.06. The molecule has 0 aliphatic heterocycles. The molecule has 1 aromatic heterocycles. The average Bonchev–Trinajstić information content (AvgIpc) is 2.75. The molecular weight excluding hydrogens is 522 g/mol. The van der Waals surface area contributed by atoms with Gasteiger partial charge in [-0.2, -0.15) is 0 Å². The lowest BCUT2D eigenvalue weighted by molar-refractivity contribution is 0.317. The van der Waals surface area contributed by atoms with Crippen molar-refractivity contribution in [3.05, 3.63) is 52.8 Å². The molecule has 1 heterocycles. The molecule has 0 aliphatic rings. The number of fused-ring (bicyclic) bond motifs is 1. The van der Waals surface area contributed by atoms with E-state index in [0.717, 1.165) is 4.31 Å².